The second-order valence-corrected chi connectivity index (χ2v) is 8.64. The normalized spacial score (nSPS) is 11.3. The van der Waals surface area contributed by atoms with Crippen molar-refractivity contribution in [3.8, 4) is 17.2 Å². The maximum atomic E-state index is 14.8. The smallest absolute Gasteiger partial charge is 0.208 e. The minimum atomic E-state index is -4.08. The second-order valence-electron chi connectivity index (χ2n) is 6.28. The Labute approximate surface area is 171 Å². The Kier molecular flexibility index (Phi) is 4.79. The molecule has 0 radical (unpaired) electrons. The van der Waals surface area contributed by atoms with Gasteiger partial charge in [0.25, 0.3) is 0 Å². The molecule has 0 amide bonds. The molecule has 1 heterocycles. The summed E-state index contributed by atoms with van der Waals surface area (Å²) in [6.07, 6.45) is 1.22. The number of benzene rings is 3. The summed E-state index contributed by atoms with van der Waals surface area (Å²) in [6.45, 7) is 0. The molecule has 4 nitrogen and oxygen atoms in total. The van der Waals surface area contributed by atoms with Gasteiger partial charge in [0.1, 0.15) is 5.82 Å². The number of halogens is 2. The van der Waals surface area contributed by atoms with E-state index in [1.165, 1.54) is 42.6 Å². The van der Waals surface area contributed by atoms with Crippen molar-refractivity contribution in [2.45, 2.75) is 9.79 Å². The Morgan fingerprint density at radius 3 is 2.45 bits per heavy atom. The maximum Gasteiger partial charge on any atom is 0.208 e. The number of aromatic nitrogens is 1. The van der Waals surface area contributed by atoms with Crippen LogP contribution in [0.2, 0.25) is 5.02 Å². The van der Waals surface area contributed by atoms with Crippen LogP contribution in [0, 0.1) is 17.1 Å². The van der Waals surface area contributed by atoms with Gasteiger partial charge in [-0.3, -0.25) is 4.98 Å². The van der Waals surface area contributed by atoms with E-state index in [0.29, 0.717) is 16.1 Å². The first kappa shape index (κ1) is 19.1. The van der Waals surface area contributed by atoms with Gasteiger partial charge >= 0.3 is 0 Å². The number of rotatable bonds is 3. The lowest BCUT2D eigenvalue weighted by atomic mass is 10.0. The number of pyridine rings is 1. The molecule has 0 unspecified atom stereocenters. The van der Waals surface area contributed by atoms with E-state index >= 15 is 0 Å². The minimum Gasteiger partial charge on any atom is -0.255 e. The van der Waals surface area contributed by atoms with Crippen LogP contribution in [0.25, 0.3) is 22.0 Å². The van der Waals surface area contributed by atoms with Crippen molar-refractivity contribution in [2.24, 2.45) is 0 Å². The molecule has 4 rings (SSSR count). The van der Waals surface area contributed by atoms with Crippen LogP contribution in [0.15, 0.2) is 82.7 Å². The molecule has 0 bridgehead atoms. The molecule has 7 heteroatoms. The van der Waals surface area contributed by atoms with Crippen molar-refractivity contribution < 1.29 is 12.8 Å². The molecular weight excluding hydrogens is 411 g/mol. The van der Waals surface area contributed by atoms with E-state index in [9.17, 15) is 12.8 Å². The van der Waals surface area contributed by atoms with Gasteiger partial charge in [0.15, 0.2) is 0 Å². The van der Waals surface area contributed by atoms with E-state index in [4.69, 9.17) is 16.9 Å². The lowest BCUT2D eigenvalue weighted by molar-refractivity contribution is 0.596. The highest BCUT2D eigenvalue weighted by Crippen LogP contribution is 2.38. The quantitative estimate of drug-likeness (QED) is 0.443. The fourth-order valence-electron chi connectivity index (χ4n) is 3.15. The summed E-state index contributed by atoms with van der Waals surface area (Å²) < 4.78 is 41.6. The molecule has 0 aliphatic rings. The summed E-state index contributed by atoms with van der Waals surface area (Å²) in [7, 11) is -4.08. The van der Waals surface area contributed by atoms with Gasteiger partial charge in [0.05, 0.1) is 26.9 Å². The highest BCUT2D eigenvalue weighted by molar-refractivity contribution is 7.91. The zero-order chi connectivity index (χ0) is 20.6. The average Bonchev–Trinajstić information content (AvgIpc) is 2.74. The zero-order valence-corrected chi connectivity index (χ0v) is 16.4. The van der Waals surface area contributed by atoms with Gasteiger partial charge in [-0.05, 0) is 48.0 Å². The lowest BCUT2D eigenvalue weighted by Crippen LogP contribution is -2.06. The molecule has 0 saturated heterocycles. The van der Waals surface area contributed by atoms with Crippen molar-refractivity contribution in [1.82, 2.24) is 4.98 Å². The summed E-state index contributed by atoms with van der Waals surface area (Å²) in [5, 5.41) is 9.69. The molecular formula is C22H12ClFN2O2S. The van der Waals surface area contributed by atoms with Crippen LogP contribution in [0.1, 0.15) is 5.56 Å². The van der Waals surface area contributed by atoms with Crippen LogP contribution in [0.3, 0.4) is 0 Å². The molecule has 29 heavy (non-hydrogen) atoms. The first-order chi connectivity index (χ1) is 13.9. The van der Waals surface area contributed by atoms with E-state index in [1.54, 1.807) is 30.3 Å². The maximum absolute atomic E-state index is 14.8. The molecule has 1 aromatic heterocycles. The van der Waals surface area contributed by atoms with Crippen molar-refractivity contribution in [1.29, 1.82) is 5.26 Å². The number of hydrogen-bond acceptors (Lipinski definition) is 4. The largest absolute Gasteiger partial charge is 0.255 e. The summed E-state index contributed by atoms with van der Waals surface area (Å²) in [6, 6.07) is 18.5. The molecule has 0 N–H and O–H groups in total. The van der Waals surface area contributed by atoms with Gasteiger partial charge in [0.2, 0.25) is 9.84 Å². The Morgan fingerprint density at radius 1 is 1.00 bits per heavy atom. The third-order valence-electron chi connectivity index (χ3n) is 4.50. The third-order valence-corrected chi connectivity index (χ3v) is 6.52. The molecule has 0 saturated carbocycles. The number of nitrogens with zero attached hydrogens (tertiary/aromatic N) is 2. The highest BCUT2D eigenvalue weighted by atomic mass is 35.5. The lowest BCUT2D eigenvalue weighted by Gasteiger charge is -2.14. The molecule has 0 fully saturated rings. The summed E-state index contributed by atoms with van der Waals surface area (Å²) in [4.78, 5) is 3.96. The average molecular weight is 423 g/mol. The van der Waals surface area contributed by atoms with E-state index in [0.717, 1.165) is 0 Å². The monoisotopic (exact) mass is 422 g/mol. The Morgan fingerprint density at radius 2 is 1.72 bits per heavy atom. The van der Waals surface area contributed by atoms with Crippen LogP contribution < -0.4 is 0 Å². The Bertz CT molecular complexity index is 1400. The molecule has 0 aliphatic carbocycles. The SMILES string of the molecule is N#Cc1cccc(S(=O)(=O)c2cnc3cccc(F)c3c2-c2ccc(Cl)cc2)c1. The van der Waals surface area contributed by atoms with Crippen molar-refractivity contribution >= 4 is 32.3 Å². The van der Waals surface area contributed by atoms with Crippen LogP contribution >= 0.6 is 11.6 Å². The predicted molar refractivity (Wildman–Crippen MR) is 109 cm³/mol. The van der Waals surface area contributed by atoms with Crippen LogP contribution in [0.5, 0.6) is 0 Å². The fourth-order valence-corrected chi connectivity index (χ4v) is 4.75. The fraction of sp³-hybridized carbons (Fsp3) is 0. The molecule has 4 aromatic rings. The summed E-state index contributed by atoms with van der Waals surface area (Å²) in [5.41, 5.74) is 1.23. The molecule has 3 aromatic carbocycles. The van der Waals surface area contributed by atoms with Crippen molar-refractivity contribution in [3.63, 3.8) is 0 Å². The Balaban J connectivity index is 2.10. The molecule has 0 spiro atoms. The standard InChI is InChI=1S/C22H12ClFN2O2S/c23-16-9-7-15(8-10-16)21-20(13-26-19-6-2-5-18(24)22(19)21)29(27,28)17-4-1-3-14(11-17)12-25/h1-11,13H. The van der Waals surface area contributed by atoms with Crippen LogP contribution in [0.4, 0.5) is 4.39 Å². The Hall–Kier alpha value is -3.27. The van der Waals surface area contributed by atoms with Crippen LogP contribution in [-0.4, -0.2) is 13.4 Å². The highest BCUT2D eigenvalue weighted by Gasteiger charge is 2.26. The van der Waals surface area contributed by atoms with Gasteiger partial charge in [-0.2, -0.15) is 5.26 Å². The van der Waals surface area contributed by atoms with Gasteiger partial charge in [-0.15, -0.1) is 0 Å². The topological polar surface area (TPSA) is 70.8 Å². The van der Waals surface area contributed by atoms with Crippen molar-refractivity contribution in [3.05, 3.63) is 89.3 Å². The number of sulfone groups is 1. The first-order valence-corrected chi connectivity index (χ1v) is 10.4. The van der Waals surface area contributed by atoms with Gasteiger partial charge in [0, 0.05) is 22.2 Å². The molecule has 0 atom stereocenters. The molecule has 142 valence electrons. The van der Waals surface area contributed by atoms with E-state index in [-0.39, 0.29) is 26.3 Å². The first-order valence-electron chi connectivity index (χ1n) is 8.50. The van der Waals surface area contributed by atoms with E-state index in [1.807, 2.05) is 6.07 Å². The minimum absolute atomic E-state index is 0.0655. The van der Waals surface area contributed by atoms with Gasteiger partial charge in [-0.1, -0.05) is 35.9 Å². The van der Waals surface area contributed by atoms with Gasteiger partial charge in [-0.25, -0.2) is 12.8 Å². The van der Waals surface area contributed by atoms with Crippen molar-refractivity contribution in [2.75, 3.05) is 0 Å². The molecule has 0 aliphatic heterocycles. The zero-order valence-electron chi connectivity index (χ0n) is 14.8. The van der Waals surface area contributed by atoms with Crippen LogP contribution in [-0.2, 0) is 9.84 Å². The summed E-state index contributed by atoms with van der Waals surface area (Å²) in [5.74, 6) is -0.581. The third kappa shape index (κ3) is 3.35. The predicted octanol–water partition coefficient (Wildman–Crippen LogP) is 5.40. The number of nitriles is 1. The number of fused-ring (bicyclic) bond motifs is 1. The summed E-state index contributed by atoms with van der Waals surface area (Å²) >= 11 is 5.97. The van der Waals surface area contributed by atoms with E-state index in [2.05, 4.69) is 4.98 Å². The van der Waals surface area contributed by atoms with E-state index < -0.39 is 15.7 Å². The van der Waals surface area contributed by atoms with Gasteiger partial charge < -0.3 is 0 Å². The second kappa shape index (κ2) is 7.28. The number of hydrogen-bond donors (Lipinski definition) is 0.